The van der Waals surface area contributed by atoms with Crippen molar-refractivity contribution in [2.75, 3.05) is 0 Å². The van der Waals surface area contributed by atoms with Crippen LogP contribution in [0.2, 0.25) is 0 Å². The van der Waals surface area contributed by atoms with Crippen molar-refractivity contribution in [3.63, 3.8) is 0 Å². The second kappa shape index (κ2) is 8.64. The van der Waals surface area contributed by atoms with Crippen molar-refractivity contribution in [1.29, 1.82) is 0 Å². The largest absolute Gasteiger partial charge is 0.507 e. The van der Waals surface area contributed by atoms with Crippen LogP contribution in [-0.4, -0.2) is 32.1 Å². The number of rotatable bonds is 4. The zero-order chi connectivity index (χ0) is 25.8. The lowest BCUT2D eigenvalue weighted by Gasteiger charge is -2.37. The minimum atomic E-state index is -0.901. The molecule has 7 heteroatoms. The number of phenols is 3. The van der Waals surface area contributed by atoms with E-state index in [0.29, 0.717) is 35.3 Å². The first-order chi connectivity index (χ1) is 16.3. The normalized spacial score (nSPS) is 16.6. The average molecular weight is 481 g/mol. The number of hydrogen-bond donors (Lipinski definition) is 4. The number of fused-ring (bicyclic) bond motifs is 4. The van der Waals surface area contributed by atoms with Crippen molar-refractivity contribution in [3.05, 3.63) is 56.3 Å². The Bertz CT molecular complexity index is 1460. The number of ether oxygens (including phenoxy) is 1. The second-order valence-electron chi connectivity index (χ2n) is 10.3. The van der Waals surface area contributed by atoms with Crippen LogP contribution in [0.15, 0.2) is 38.6 Å². The Kier molecular flexibility index (Phi) is 6.09. The van der Waals surface area contributed by atoms with Crippen LogP contribution < -0.4 is 10.2 Å². The van der Waals surface area contributed by atoms with Gasteiger partial charge in [0.1, 0.15) is 28.1 Å². The van der Waals surface area contributed by atoms with Gasteiger partial charge < -0.3 is 29.6 Å². The summed E-state index contributed by atoms with van der Waals surface area (Å²) in [5.41, 5.74) is 1.86. The molecule has 186 valence electrons. The van der Waals surface area contributed by atoms with Gasteiger partial charge in [-0.05, 0) is 59.9 Å². The highest BCUT2D eigenvalue weighted by Crippen LogP contribution is 2.45. The van der Waals surface area contributed by atoms with Crippen LogP contribution in [0, 0.1) is 0 Å². The number of benzene rings is 2. The van der Waals surface area contributed by atoms with Gasteiger partial charge in [0, 0.05) is 23.6 Å². The maximum Gasteiger partial charge on any atom is 0.204 e. The first kappa shape index (κ1) is 24.7. The van der Waals surface area contributed by atoms with E-state index in [1.54, 1.807) is 13.8 Å². The highest BCUT2D eigenvalue weighted by atomic mass is 16.5. The zero-order valence-corrected chi connectivity index (χ0v) is 20.9. The Labute approximate surface area is 203 Å². The van der Waals surface area contributed by atoms with Gasteiger partial charge >= 0.3 is 0 Å². The molecule has 0 saturated heterocycles. The van der Waals surface area contributed by atoms with E-state index in [0.717, 1.165) is 11.1 Å². The molecule has 2 heterocycles. The van der Waals surface area contributed by atoms with Crippen LogP contribution >= 0.6 is 0 Å². The fraction of sp³-hybridized carbons (Fsp3) is 0.393. The molecule has 3 aromatic rings. The van der Waals surface area contributed by atoms with Gasteiger partial charge in [-0.3, -0.25) is 4.79 Å². The average Bonchev–Trinajstić information content (AvgIpc) is 2.75. The SMILES string of the molecule is CC(C)=CCc1c(O)c(O)c2oc3c4c(cc(O)c3c(=O)c2c1CC=C(C)C)OC(C)(C)[C@@H](O)C4. The van der Waals surface area contributed by atoms with Crippen LogP contribution in [0.5, 0.6) is 23.0 Å². The monoisotopic (exact) mass is 480 g/mol. The van der Waals surface area contributed by atoms with E-state index in [4.69, 9.17) is 9.15 Å². The van der Waals surface area contributed by atoms with E-state index >= 15 is 0 Å². The van der Waals surface area contributed by atoms with Crippen LogP contribution in [0.1, 0.15) is 58.2 Å². The highest BCUT2D eigenvalue weighted by molar-refractivity contribution is 6.00. The minimum Gasteiger partial charge on any atom is -0.507 e. The number of aromatic hydroxyl groups is 3. The van der Waals surface area contributed by atoms with Gasteiger partial charge in [0.2, 0.25) is 11.2 Å². The summed E-state index contributed by atoms with van der Waals surface area (Å²) in [6.45, 7) is 11.2. The molecule has 0 radical (unpaired) electrons. The van der Waals surface area contributed by atoms with Crippen molar-refractivity contribution >= 4 is 21.9 Å². The molecule has 0 fully saturated rings. The molecule has 7 nitrogen and oxygen atoms in total. The quantitative estimate of drug-likeness (QED) is 0.231. The van der Waals surface area contributed by atoms with Crippen molar-refractivity contribution in [3.8, 4) is 23.0 Å². The maximum absolute atomic E-state index is 13.9. The lowest BCUT2D eigenvalue weighted by Crippen LogP contribution is -2.46. The van der Waals surface area contributed by atoms with Gasteiger partial charge in [-0.1, -0.05) is 23.3 Å². The number of phenolic OH excluding ortho intramolecular Hbond substituents is 3. The molecule has 4 N–H and O–H groups in total. The summed E-state index contributed by atoms with van der Waals surface area (Å²) in [6.07, 6.45) is 3.72. The summed E-state index contributed by atoms with van der Waals surface area (Å²) < 4.78 is 12.0. The first-order valence-electron chi connectivity index (χ1n) is 11.7. The van der Waals surface area contributed by atoms with E-state index in [2.05, 4.69) is 0 Å². The molecule has 0 aliphatic carbocycles. The van der Waals surface area contributed by atoms with Gasteiger partial charge in [-0.2, -0.15) is 0 Å². The molecule has 1 aromatic heterocycles. The van der Waals surface area contributed by atoms with Crippen molar-refractivity contribution < 1.29 is 29.6 Å². The predicted octanol–water partition coefficient (Wildman–Crippen LogP) is 5.15. The first-order valence-corrected chi connectivity index (χ1v) is 11.7. The minimum absolute atomic E-state index is 0.0203. The summed E-state index contributed by atoms with van der Waals surface area (Å²) in [6, 6.07) is 1.37. The summed E-state index contributed by atoms with van der Waals surface area (Å²) in [5.74, 6) is -0.900. The Morgan fingerprint density at radius 2 is 1.57 bits per heavy atom. The third-order valence-corrected chi connectivity index (χ3v) is 6.60. The van der Waals surface area contributed by atoms with Gasteiger partial charge in [-0.15, -0.1) is 0 Å². The van der Waals surface area contributed by atoms with E-state index < -0.39 is 22.9 Å². The van der Waals surface area contributed by atoms with E-state index in [-0.39, 0.29) is 39.9 Å². The fourth-order valence-corrected chi connectivity index (χ4v) is 4.49. The third-order valence-electron chi connectivity index (χ3n) is 6.60. The van der Waals surface area contributed by atoms with Crippen LogP contribution in [0.3, 0.4) is 0 Å². The molecule has 1 aliphatic rings. The Morgan fingerprint density at radius 3 is 2.17 bits per heavy atom. The summed E-state index contributed by atoms with van der Waals surface area (Å²) in [7, 11) is 0. The Hall–Kier alpha value is -3.45. The number of hydrogen-bond acceptors (Lipinski definition) is 7. The molecule has 0 bridgehead atoms. The third kappa shape index (κ3) is 4.14. The van der Waals surface area contributed by atoms with E-state index in [1.807, 2.05) is 39.8 Å². The van der Waals surface area contributed by atoms with E-state index in [9.17, 15) is 25.2 Å². The second-order valence-corrected chi connectivity index (χ2v) is 10.3. The van der Waals surface area contributed by atoms with Crippen molar-refractivity contribution in [2.24, 2.45) is 0 Å². The molecule has 0 saturated carbocycles. The van der Waals surface area contributed by atoms with Crippen LogP contribution in [0.4, 0.5) is 0 Å². The lowest BCUT2D eigenvalue weighted by atomic mass is 9.89. The number of aliphatic hydroxyl groups is 1. The zero-order valence-electron chi connectivity index (χ0n) is 20.9. The van der Waals surface area contributed by atoms with Crippen molar-refractivity contribution in [1.82, 2.24) is 0 Å². The molecule has 4 rings (SSSR count). The molecule has 0 amide bonds. The molecule has 1 atom stereocenters. The molecule has 2 aromatic carbocycles. The van der Waals surface area contributed by atoms with E-state index in [1.165, 1.54) is 6.07 Å². The Morgan fingerprint density at radius 1 is 0.971 bits per heavy atom. The molecule has 0 unspecified atom stereocenters. The van der Waals surface area contributed by atoms with Crippen LogP contribution in [0.25, 0.3) is 21.9 Å². The van der Waals surface area contributed by atoms with Gasteiger partial charge in [0.05, 0.1) is 11.5 Å². The smallest absolute Gasteiger partial charge is 0.204 e. The van der Waals surface area contributed by atoms with Gasteiger partial charge in [-0.25, -0.2) is 0 Å². The predicted molar refractivity (Wildman–Crippen MR) is 136 cm³/mol. The summed E-state index contributed by atoms with van der Waals surface area (Å²) in [4.78, 5) is 13.9. The van der Waals surface area contributed by atoms with Crippen LogP contribution in [-0.2, 0) is 19.3 Å². The number of allylic oxidation sites excluding steroid dienone is 4. The summed E-state index contributed by atoms with van der Waals surface area (Å²) >= 11 is 0. The molecule has 1 aliphatic heterocycles. The molecular formula is C28H32O7. The van der Waals surface area contributed by atoms with Gasteiger partial charge in [0.15, 0.2) is 11.3 Å². The molecule has 0 spiro atoms. The Balaban J connectivity index is 2.15. The molecular weight excluding hydrogens is 448 g/mol. The molecule has 35 heavy (non-hydrogen) atoms. The lowest BCUT2D eigenvalue weighted by molar-refractivity contribution is -0.0410. The number of aliphatic hydroxyl groups excluding tert-OH is 1. The van der Waals surface area contributed by atoms with Gasteiger partial charge in [0.25, 0.3) is 0 Å². The van der Waals surface area contributed by atoms with Crippen molar-refractivity contribution in [2.45, 2.75) is 72.5 Å². The maximum atomic E-state index is 13.9. The highest BCUT2D eigenvalue weighted by Gasteiger charge is 2.38. The fourth-order valence-electron chi connectivity index (χ4n) is 4.49. The standard InChI is InChI=1S/C28H32O7/c1-13(2)7-9-15-16(10-8-14(3)4)23(31)25(33)27-21(15)24(32)22-18(29)12-19-17(26(22)34-27)11-20(30)28(5,6)35-19/h7-8,12,20,29-31,33H,9-11H2,1-6H3/t20-/m0/s1. The topological polar surface area (TPSA) is 120 Å². The summed E-state index contributed by atoms with van der Waals surface area (Å²) in [5, 5.41) is 43.4.